The van der Waals surface area contributed by atoms with Crippen molar-refractivity contribution in [3.8, 4) is 0 Å². The van der Waals surface area contributed by atoms with Gasteiger partial charge in [-0.2, -0.15) is 0 Å². The van der Waals surface area contributed by atoms with Gasteiger partial charge in [-0.1, -0.05) is 18.2 Å². The van der Waals surface area contributed by atoms with Crippen LogP contribution in [0.15, 0.2) is 24.3 Å². The summed E-state index contributed by atoms with van der Waals surface area (Å²) in [6.07, 6.45) is 0.947. The predicted molar refractivity (Wildman–Crippen MR) is 60.7 cm³/mol. The fourth-order valence-corrected chi connectivity index (χ4v) is 1.68. The fourth-order valence-electron chi connectivity index (χ4n) is 1.03. The minimum atomic E-state index is 0.378. The van der Waals surface area contributed by atoms with Gasteiger partial charge < -0.3 is 9.47 Å². The van der Waals surface area contributed by atoms with Gasteiger partial charge in [0, 0.05) is 10.7 Å². The van der Waals surface area contributed by atoms with Gasteiger partial charge in [0.05, 0.1) is 6.61 Å². The van der Waals surface area contributed by atoms with Crippen LogP contribution in [0.5, 0.6) is 0 Å². The van der Waals surface area contributed by atoms with Gasteiger partial charge in [-0.15, -0.1) is 0 Å². The molecule has 2 nitrogen and oxygen atoms in total. The zero-order chi connectivity index (χ0) is 9.52. The first-order chi connectivity index (χ1) is 6.34. The Balaban J connectivity index is 2.32. The lowest BCUT2D eigenvalue weighted by atomic mass is 10.2. The summed E-state index contributed by atoms with van der Waals surface area (Å²) in [5.74, 6) is 0. The van der Waals surface area contributed by atoms with E-state index in [1.165, 1.54) is 9.13 Å². The molecule has 0 fully saturated rings. The molecule has 0 aliphatic carbocycles. The zero-order valence-corrected chi connectivity index (χ0v) is 9.78. The summed E-state index contributed by atoms with van der Waals surface area (Å²) in [5.41, 5.74) is 1.33. The molecule has 0 radical (unpaired) electrons. The molecule has 0 aliphatic heterocycles. The SMILES string of the molecule is COCOCCc1ccccc1I. The second-order valence-corrected chi connectivity index (χ2v) is 3.82. The van der Waals surface area contributed by atoms with Crippen LogP contribution in [0.1, 0.15) is 5.56 Å². The number of hydrogen-bond acceptors (Lipinski definition) is 2. The first-order valence-electron chi connectivity index (χ1n) is 4.14. The highest BCUT2D eigenvalue weighted by atomic mass is 127. The molecule has 0 heterocycles. The minimum Gasteiger partial charge on any atom is -0.359 e. The van der Waals surface area contributed by atoms with Crippen molar-refractivity contribution in [3.63, 3.8) is 0 Å². The van der Waals surface area contributed by atoms with Crippen LogP contribution in [-0.2, 0) is 15.9 Å². The van der Waals surface area contributed by atoms with E-state index < -0.39 is 0 Å². The molecule has 0 saturated carbocycles. The van der Waals surface area contributed by atoms with Crippen molar-refractivity contribution in [1.82, 2.24) is 0 Å². The summed E-state index contributed by atoms with van der Waals surface area (Å²) in [4.78, 5) is 0. The Morgan fingerprint density at radius 1 is 1.31 bits per heavy atom. The molecule has 0 aliphatic rings. The van der Waals surface area contributed by atoms with E-state index in [9.17, 15) is 0 Å². The fraction of sp³-hybridized carbons (Fsp3) is 0.400. The number of hydrogen-bond donors (Lipinski definition) is 0. The average molecular weight is 292 g/mol. The summed E-state index contributed by atoms with van der Waals surface area (Å²) in [5, 5.41) is 0. The zero-order valence-electron chi connectivity index (χ0n) is 7.63. The Morgan fingerprint density at radius 3 is 2.77 bits per heavy atom. The third-order valence-corrected chi connectivity index (χ3v) is 2.73. The van der Waals surface area contributed by atoms with Crippen LogP contribution in [0, 0.1) is 3.57 Å². The van der Waals surface area contributed by atoms with Crippen molar-refractivity contribution in [3.05, 3.63) is 33.4 Å². The van der Waals surface area contributed by atoms with E-state index in [0.717, 1.165) is 6.42 Å². The third kappa shape index (κ3) is 4.06. The second-order valence-electron chi connectivity index (χ2n) is 2.66. The minimum absolute atomic E-state index is 0.378. The van der Waals surface area contributed by atoms with Crippen molar-refractivity contribution in [2.75, 3.05) is 20.5 Å². The van der Waals surface area contributed by atoms with E-state index in [1.54, 1.807) is 7.11 Å². The molecule has 0 spiro atoms. The molecule has 1 aromatic carbocycles. The lowest BCUT2D eigenvalue weighted by Crippen LogP contribution is -2.02. The quantitative estimate of drug-likeness (QED) is 0.471. The van der Waals surface area contributed by atoms with Gasteiger partial charge in [-0.05, 0) is 40.6 Å². The highest BCUT2D eigenvalue weighted by molar-refractivity contribution is 14.1. The largest absolute Gasteiger partial charge is 0.359 e. The third-order valence-electron chi connectivity index (χ3n) is 1.67. The smallest absolute Gasteiger partial charge is 0.146 e. The Bertz CT molecular complexity index is 250. The lowest BCUT2D eigenvalue weighted by Gasteiger charge is -2.04. The molecule has 0 N–H and O–H groups in total. The molecule has 0 atom stereocenters. The van der Waals surface area contributed by atoms with Crippen molar-refractivity contribution >= 4 is 22.6 Å². The topological polar surface area (TPSA) is 18.5 Å². The molecular weight excluding hydrogens is 279 g/mol. The van der Waals surface area contributed by atoms with Gasteiger partial charge >= 0.3 is 0 Å². The van der Waals surface area contributed by atoms with E-state index in [2.05, 4.69) is 34.7 Å². The number of rotatable bonds is 5. The Labute approximate surface area is 92.4 Å². The van der Waals surface area contributed by atoms with Crippen molar-refractivity contribution in [2.24, 2.45) is 0 Å². The molecule has 1 rings (SSSR count). The van der Waals surface area contributed by atoms with E-state index in [4.69, 9.17) is 9.47 Å². The molecule has 0 amide bonds. The van der Waals surface area contributed by atoms with E-state index >= 15 is 0 Å². The maximum absolute atomic E-state index is 5.22. The first-order valence-corrected chi connectivity index (χ1v) is 5.22. The maximum Gasteiger partial charge on any atom is 0.146 e. The monoisotopic (exact) mass is 292 g/mol. The van der Waals surface area contributed by atoms with Crippen LogP contribution in [0.4, 0.5) is 0 Å². The average Bonchev–Trinajstić information content (AvgIpc) is 2.15. The molecule has 0 aromatic heterocycles. The number of ether oxygens (including phenoxy) is 2. The van der Waals surface area contributed by atoms with Crippen LogP contribution in [0.3, 0.4) is 0 Å². The van der Waals surface area contributed by atoms with Crippen molar-refractivity contribution < 1.29 is 9.47 Å². The highest BCUT2D eigenvalue weighted by Gasteiger charge is 1.97. The Hall–Kier alpha value is -0.130. The summed E-state index contributed by atoms with van der Waals surface area (Å²) >= 11 is 2.33. The molecule has 0 unspecified atom stereocenters. The van der Waals surface area contributed by atoms with Crippen LogP contribution >= 0.6 is 22.6 Å². The first kappa shape index (κ1) is 10.9. The van der Waals surface area contributed by atoms with Crippen LogP contribution in [-0.4, -0.2) is 20.5 Å². The Kier molecular flexibility index (Phi) is 5.34. The molecule has 0 bridgehead atoms. The van der Waals surface area contributed by atoms with Crippen LogP contribution in [0.2, 0.25) is 0 Å². The molecule has 1 aromatic rings. The van der Waals surface area contributed by atoms with Gasteiger partial charge in [0.15, 0.2) is 0 Å². The van der Waals surface area contributed by atoms with E-state index in [1.807, 2.05) is 12.1 Å². The second kappa shape index (κ2) is 6.34. The lowest BCUT2D eigenvalue weighted by molar-refractivity contribution is -0.0291. The van der Waals surface area contributed by atoms with Gasteiger partial charge in [-0.25, -0.2) is 0 Å². The number of halogens is 1. The molecule has 13 heavy (non-hydrogen) atoms. The Morgan fingerprint density at radius 2 is 2.08 bits per heavy atom. The molecule has 72 valence electrons. The van der Waals surface area contributed by atoms with Gasteiger partial charge in [0.2, 0.25) is 0 Å². The molecule has 3 heteroatoms. The number of benzene rings is 1. The summed E-state index contributed by atoms with van der Waals surface area (Å²) in [6, 6.07) is 8.32. The summed E-state index contributed by atoms with van der Waals surface area (Å²) < 4.78 is 11.3. The maximum atomic E-state index is 5.22. The van der Waals surface area contributed by atoms with Crippen LogP contribution < -0.4 is 0 Å². The summed E-state index contributed by atoms with van der Waals surface area (Å²) in [6.45, 7) is 1.09. The predicted octanol–water partition coefficient (Wildman–Crippen LogP) is 2.45. The van der Waals surface area contributed by atoms with Crippen molar-refractivity contribution in [2.45, 2.75) is 6.42 Å². The molecular formula is C10H13IO2. The van der Waals surface area contributed by atoms with E-state index in [-0.39, 0.29) is 0 Å². The van der Waals surface area contributed by atoms with Gasteiger partial charge in [0.25, 0.3) is 0 Å². The van der Waals surface area contributed by atoms with Crippen molar-refractivity contribution in [1.29, 1.82) is 0 Å². The van der Waals surface area contributed by atoms with E-state index in [0.29, 0.717) is 13.4 Å². The van der Waals surface area contributed by atoms with Gasteiger partial charge in [0.1, 0.15) is 6.79 Å². The summed E-state index contributed by atoms with van der Waals surface area (Å²) in [7, 11) is 1.63. The highest BCUT2D eigenvalue weighted by Crippen LogP contribution is 2.11. The molecule has 0 saturated heterocycles. The number of methoxy groups -OCH3 is 1. The normalized spacial score (nSPS) is 10.3. The van der Waals surface area contributed by atoms with Crippen LogP contribution in [0.25, 0.3) is 0 Å². The van der Waals surface area contributed by atoms with Gasteiger partial charge in [-0.3, -0.25) is 0 Å². The standard InChI is InChI=1S/C10H13IO2/c1-12-8-13-7-6-9-4-2-3-5-10(9)11/h2-5H,6-8H2,1H3.